The van der Waals surface area contributed by atoms with Gasteiger partial charge in [-0.2, -0.15) is 5.10 Å². The number of hydrogen-bond donors (Lipinski definition) is 1. The first kappa shape index (κ1) is 16.8. The number of amides is 2. The smallest absolute Gasteiger partial charge is 0.272 e. The van der Waals surface area contributed by atoms with Crippen molar-refractivity contribution in [1.29, 1.82) is 0 Å². The van der Waals surface area contributed by atoms with E-state index in [4.69, 9.17) is 0 Å². The minimum absolute atomic E-state index is 0.0805. The van der Waals surface area contributed by atoms with Crippen LogP contribution in [0.3, 0.4) is 0 Å². The summed E-state index contributed by atoms with van der Waals surface area (Å²) in [7, 11) is 1.46. The number of rotatable bonds is 4. The molecule has 1 aliphatic rings. The van der Waals surface area contributed by atoms with Crippen molar-refractivity contribution in [2.45, 2.75) is 19.0 Å². The van der Waals surface area contributed by atoms with E-state index in [2.05, 4.69) is 10.4 Å². The third kappa shape index (κ3) is 3.90. The molecule has 2 amide bonds. The Morgan fingerprint density at radius 1 is 1.24 bits per heavy atom. The van der Waals surface area contributed by atoms with Crippen LogP contribution in [0.25, 0.3) is 0 Å². The summed E-state index contributed by atoms with van der Waals surface area (Å²) in [5.74, 6) is -0.841. The van der Waals surface area contributed by atoms with Gasteiger partial charge in [0.05, 0.1) is 6.04 Å². The Kier molecular flexibility index (Phi) is 4.60. The van der Waals surface area contributed by atoms with Gasteiger partial charge in [-0.15, -0.1) is 0 Å². The lowest BCUT2D eigenvalue weighted by molar-refractivity contribution is -0.128. The standard InChI is InChI=1S/C17H17FN4O3/c1-21-15(23)7-6-14(20-21)17(25)19-13-8-16(24)22(10-13)9-11-2-4-12(18)5-3-11/h2-7,13H,8-10H2,1H3,(H,19,25)/t13-/m0/s1. The van der Waals surface area contributed by atoms with Crippen molar-refractivity contribution in [2.24, 2.45) is 7.05 Å². The predicted molar refractivity (Wildman–Crippen MR) is 87.2 cm³/mol. The van der Waals surface area contributed by atoms with Gasteiger partial charge in [0.15, 0.2) is 0 Å². The number of benzene rings is 1. The maximum atomic E-state index is 12.9. The van der Waals surface area contributed by atoms with Crippen LogP contribution >= 0.6 is 0 Å². The van der Waals surface area contributed by atoms with E-state index in [1.54, 1.807) is 17.0 Å². The van der Waals surface area contributed by atoms with E-state index in [0.29, 0.717) is 13.1 Å². The Morgan fingerprint density at radius 3 is 2.64 bits per heavy atom. The van der Waals surface area contributed by atoms with Gasteiger partial charge in [-0.05, 0) is 23.8 Å². The van der Waals surface area contributed by atoms with Gasteiger partial charge >= 0.3 is 0 Å². The Hall–Kier alpha value is -3.03. The second-order valence-corrected chi connectivity index (χ2v) is 5.96. The number of hydrogen-bond acceptors (Lipinski definition) is 4. The molecule has 7 nitrogen and oxygen atoms in total. The maximum absolute atomic E-state index is 12.9. The predicted octanol–water partition coefficient (Wildman–Crippen LogP) is 0.450. The first-order valence-electron chi connectivity index (χ1n) is 7.80. The molecule has 1 aliphatic heterocycles. The quantitative estimate of drug-likeness (QED) is 0.873. The van der Waals surface area contributed by atoms with Gasteiger partial charge in [0, 0.05) is 32.6 Å². The molecule has 1 N–H and O–H groups in total. The number of nitrogens with zero attached hydrogens (tertiary/aromatic N) is 3. The monoisotopic (exact) mass is 344 g/mol. The van der Waals surface area contributed by atoms with Gasteiger partial charge in [0.25, 0.3) is 11.5 Å². The summed E-state index contributed by atoms with van der Waals surface area (Å²) in [6.45, 7) is 0.733. The Balaban J connectivity index is 1.62. The Morgan fingerprint density at radius 2 is 1.96 bits per heavy atom. The Bertz CT molecular complexity index is 863. The zero-order chi connectivity index (χ0) is 18.0. The van der Waals surface area contributed by atoms with Gasteiger partial charge < -0.3 is 10.2 Å². The molecule has 0 unspecified atom stereocenters. The summed E-state index contributed by atoms with van der Waals surface area (Å²) in [5, 5.41) is 6.64. The molecule has 1 atom stereocenters. The Labute approximate surface area is 143 Å². The number of carbonyl (C=O) groups is 2. The van der Waals surface area contributed by atoms with E-state index in [-0.39, 0.29) is 35.4 Å². The number of likely N-dealkylation sites (tertiary alicyclic amines) is 1. The van der Waals surface area contributed by atoms with Crippen molar-refractivity contribution < 1.29 is 14.0 Å². The molecule has 8 heteroatoms. The molecular weight excluding hydrogens is 327 g/mol. The number of aromatic nitrogens is 2. The van der Waals surface area contributed by atoms with Gasteiger partial charge in [-0.3, -0.25) is 14.4 Å². The van der Waals surface area contributed by atoms with Crippen molar-refractivity contribution >= 4 is 11.8 Å². The zero-order valence-electron chi connectivity index (χ0n) is 13.6. The van der Waals surface area contributed by atoms with Gasteiger partial charge in [-0.1, -0.05) is 12.1 Å². The molecule has 0 spiro atoms. The molecule has 0 saturated carbocycles. The molecule has 1 aromatic heterocycles. The fourth-order valence-corrected chi connectivity index (χ4v) is 2.71. The summed E-state index contributed by atoms with van der Waals surface area (Å²) < 4.78 is 14.0. The first-order valence-corrected chi connectivity index (χ1v) is 7.80. The second-order valence-electron chi connectivity index (χ2n) is 5.96. The minimum Gasteiger partial charge on any atom is -0.346 e. The summed E-state index contributed by atoms with van der Waals surface area (Å²) >= 11 is 0. The fourth-order valence-electron chi connectivity index (χ4n) is 2.71. The van der Waals surface area contributed by atoms with E-state index in [1.165, 1.54) is 31.3 Å². The summed E-state index contributed by atoms with van der Waals surface area (Å²) in [6, 6.07) is 8.24. The molecule has 25 heavy (non-hydrogen) atoms. The van der Waals surface area contributed by atoms with Crippen LogP contribution in [0.1, 0.15) is 22.5 Å². The zero-order valence-corrected chi connectivity index (χ0v) is 13.6. The molecule has 1 fully saturated rings. The van der Waals surface area contributed by atoms with Crippen molar-refractivity contribution in [3.63, 3.8) is 0 Å². The van der Waals surface area contributed by atoms with E-state index in [1.807, 2.05) is 0 Å². The highest BCUT2D eigenvalue weighted by Crippen LogP contribution is 2.16. The molecule has 1 aromatic carbocycles. The van der Waals surface area contributed by atoms with E-state index >= 15 is 0 Å². The third-order valence-corrected chi connectivity index (χ3v) is 4.03. The summed E-state index contributed by atoms with van der Waals surface area (Å²) in [6.07, 6.45) is 0.193. The summed E-state index contributed by atoms with van der Waals surface area (Å²) in [4.78, 5) is 37.3. The number of halogens is 1. The van der Waals surface area contributed by atoms with Crippen LogP contribution in [-0.4, -0.2) is 39.1 Å². The van der Waals surface area contributed by atoms with Crippen LogP contribution in [0, 0.1) is 5.82 Å². The number of carbonyl (C=O) groups excluding carboxylic acids is 2. The molecule has 3 rings (SSSR count). The van der Waals surface area contributed by atoms with Crippen LogP contribution in [0.4, 0.5) is 4.39 Å². The average molecular weight is 344 g/mol. The molecule has 1 saturated heterocycles. The lowest BCUT2D eigenvalue weighted by Crippen LogP contribution is -2.38. The van der Waals surface area contributed by atoms with Crippen LogP contribution in [0.15, 0.2) is 41.2 Å². The average Bonchev–Trinajstić information content (AvgIpc) is 2.91. The molecule has 2 aromatic rings. The highest BCUT2D eigenvalue weighted by Gasteiger charge is 2.31. The van der Waals surface area contributed by atoms with Crippen LogP contribution in [0.2, 0.25) is 0 Å². The minimum atomic E-state index is -0.433. The molecular formula is C17H17FN4O3. The topological polar surface area (TPSA) is 84.3 Å². The SMILES string of the molecule is Cn1nc(C(=O)N[C@H]2CC(=O)N(Cc3ccc(F)cc3)C2)ccc1=O. The van der Waals surface area contributed by atoms with Crippen molar-refractivity contribution in [3.05, 3.63) is 63.8 Å². The molecule has 0 aliphatic carbocycles. The van der Waals surface area contributed by atoms with Gasteiger partial charge in [-0.25, -0.2) is 9.07 Å². The normalized spacial score (nSPS) is 17.0. The number of nitrogens with one attached hydrogen (secondary N) is 1. The second kappa shape index (κ2) is 6.84. The van der Waals surface area contributed by atoms with Crippen molar-refractivity contribution in [1.82, 2.24) is 20.0 Å². The van der Waals surface area contributed by atoms with Gasteiger partial charge in [0.1, 0.15) is 11.5 Å². The maximum Gasteiger partial charge on any atom is 0.272 e. The van der Waals surface area contributed by atoms with Crippen molar-refractivity contribution in [3.8, 4) is 0 Å². The fraction of sp³-hybridized carbons (Fsp3) is 0.294. The first-order chi connectivity index (χ1) is 11.9. The van der Waals surface area contributed by atoms with Crippen LogP contribution in [0.5, 0.6) is 0 Å². The van der Waals surface area contributed by atoms with E-state index in [0.717, 1.165) is 10.2 Å². The number of aryl methyl sites for hydroxylation is 1. The molecule has 130 valence electrons. The summed E-state index contributed by atoms with van der Waals surface area (Å²) in [5.41, 5.74) is 0.631. The highest BCUT2D eigenvalue weighted by atomic mass is 19.1. The lowest BCUT2D eigenvalue weighted by Gasteiger charge is -2.17. The van der Waals surface area contributed by atoms with Crippen LogP contribution < -0.4 is 10.9 Å². The highest BCUT2D eigenvalue weighted by molar-refractivity contribution is 5.93. The van der Waals surface area contributed by atoms with Gasteiger partial charge in [0.2, 0.25) is 5.91 Å². The molecule has 0 radical (unpaired) electrons. The van der Waals surface area contributed by atoms with E-state index in [9.17, 15) is 18.8 Å². The van der Waals surface area contributed by atoms with Crippen LogP contribution in [-0.2, 0) is 18.4 Å². The largest absolute Gasteiger partial charge is 0.346 e. The van der Waals surface area contributed by atoms with Crippen molar-refractivity contribution in [2.75, 3.05) is 6.54 Å². The molecule has 0 bridgehead atoms. The van der Waals surface area contributed by atoms with E-state index < -0.39 is 5.91 Å². The lowest BCUT2D eigenvalue weighted by atomic mass is 10.2. The third-order valence-electron chi connectivity index (χ3n) is 4.03. The molecule has 2 heterocycles.